The van der Waals surface area contributed by atoms with E-state index in [9.17, 15) is 18.4 Å². The highest BCUT2D eigenvalue weighted by atomic mass is 19.4. The highest BCUT2D eigenvalue weighted by molar-refractivity contribution is 5.59. The zero-order valence-corrected chi connectivity index (χ0v) is 7.43. The Hall–Kier alpha value is -1.52. The van der Waals surface area contributed by atoms with Crippen LogP contribution in [-0.4, -0.2) is 0 Å². The zero-order valence-electron chi connectivity index (χ0n) is 7.43. The predicted molar refractivity (Wildman–Crippen MR) is 45.1 cm³/mol. The molecule has 1 heterocycles. The van der Waals surface area contributed by atoms with Crippen LogP contribution in [0.1, 0.15) is 18.2 Å². The second-order valence-electron chi connectivity index (χ2n) is 2.91. The van der Waals surface area contributed by atoms with E-state index in [1.54, 1.807) is 6.92 Å². The molecule has 0 aliphatic heterocycles. The summed E-state index contributed by atoms with van der Waals surface area (Å²) in [6.07, 6.45) is -3.75. The second kappa shape index (κ2) is 3.32. The van der Waals surface area contributed by atoms with Crippen LogP contribution in [0.25, 0.3) is 5.57 Å². The summed E-state index contributed by atoms with van der Waals surface area (Å²) in [5.41, 5.74) is -0.279. The minimum atomic E-state index is -4.62. The van der Waals surface area contributed by atoms with E-state index in [0.717, 1.165) is 12.3 Å². The van der Waals surface area contributed by atoms with Crippen molar-refractivity contribution >= 4 is 5.57 Å². The van der Waals surface area contributed by atoms with E-state index in [0.29, 0.717) is 11.1 Å². The zero-order chi connectivity index (χ0) is 10.9. The van der Waals surface area contributed by atoms with E-state index >= 15 is 0 Å². The molecule has 14 heavy (non-hydrogen) atoms. The van der Waals surface area contributed by atoms with E-state index in [1.807, 2.05) is 0 Å². The third-order valence-corrected chi connectivity index (χ3v) is 1.70. The molecule has 0 unspecified atom stereocenters. The van der Waals surface area contributed by atoms with Gasteiger partial charge in [0.25, 0.3) is 5.69 Å². The van der Waals surface area contributed by atoms with Gasteiger partial charge in [0, 0.05) is 11.6 Å². The molecule has 1 rings (SSSR count). The number of hydrogen-bond acceptors (Lipinski definition) is 1. The van der Waals surface area contributed by atoms with Crippen molar-refractivity contribution in [1.29, 1.82) is 0 Å². The Morgan fingerprint density at radius 3 is 2.36 bits per heavy atom. The minimum Gasteiger partial charge on any atom is -0.618 e. The van der Waals surface area contributed by atoms with Crippen molar-refractivity contribution in [2.45, 2.75) is 13.1 Å². The lowest BCUT2D eigenvalue weighted by atomic mass is 10.1. The van der Waals surface area contributed by atoms with E-state index in [2.05, 4.69) is 6.58 Å². The number of pyridine rings is 1. The number of hydrogen-bond donors (Lipinski definition) is 0. The molecule has 76 valence electrons. The van der Waals surface area contributed by atoms with Crippen molar-refractivity contribution in [3.63, 3.8) is 0 Å². The number of halogens is 3. The lowest BCUT2D eigenvalue weighted by Gasteiger charge is -2.08. The van der Waals surface area contributed by atoms with Gasteiger partial charge < -0.3 is 5.21 Å². The molecule has 0 saturated heterocycles. The number of aromatic nitrogens is 1. The van der Waals surface area contributed by atoms with Crippen LogP contribution in [0.2, 0.25) is 0 Å². The largest absolute Gasteiger partial charge is 0.618 e. The standard InChI is InChI=1S/C9H8F3NO/c1-6(2)7-3-4-8(9(10,11)12)13(14)5-7/h3-5H,1H2,2H3. The van der Waals surface area contributed by atoms with Gasteiger partial charge in [-0.15, -0.1) is 0 Å². The highest BCUT2D eigenvalue weighted by Crippen LogP contribution is 2.26. The monoisotopic (exact) mass is 203 g/mol. The molecule has 0 amide bonds. The topological polar surface area (TPSA) is 26.9 Å². The third-order valence-electron chi connectivity index (χ3n) is 1.70. The maximum Gasteiger partial charge on any atom is 0.478 e. The summed E-state index contributed by atoms with van der Waals surface area (Å²) in [6.45, 7) is 5.14. The van der Waals surface area contributed by atoms with Crippen molar-refractivity contribution in [1.82, 2.24) is 0 Å². The summed E-state index contributed by atoms with van der Waals surface area (Å²) in [5, 5.41) is 10.9. The number of alkyl halides is 3. The fourth-order valence-corrected chi connectivity index (χ4v) is 0.953. The Morgan fingerprint density at radius 2 is 2.00 bits per heavy atom. The highest BCUT2D eigenvalue weighted by Gasteiger charge is 2.39. The molecule has 2 nitrogen and oxygen atoms in total. The Kier molecular flexibility index (Phi) is 2.51. The Labute approximate surface area is 78.9 Å². The van der Waals surface area contributed by atoms with Crippen LogP contribution >= 0.6 is 0 Å². The quantitative estimate of drug-likeness (QED) is 0.508. The van der Waals surface area contributed by atoms with E-state index in [4.69, 9.17) is 0 Å². The first kappa shape index (κ1) is 10.6. The van der Waals surface area contributed by atoms with Crippen LogP contribution in [0.3, 0.4) is 0 Å². The van der Waals surface area contributed by atoms with Crippen LogP contribution < -0.4 is 4.73 Å². The van der Waals surface area contributed by atoms with E-state index in [1.165, 1.54) is 6.07 Å². The first-order valence-electron chi connectivity index (χ1n) is 3.78. The molecule has 0 bridgehead atoms. The Bertz CT molecular complexity index is 371. The van der Waals surface area contributed by atoms with Gasteiger partial charge in [-0.05, 0) is 18.6 Å². The normalized spacial score (nSPS) is 11.4. The first-order chi connectivity index (χ1) is 6.32. The van der Waals surface area contributed by atoms with Crippen molar-refractivity contribution in [3.05, 3.63) is 41.4 Å². The molecule has 0 atom stereocenters. The molecule has 0 aliphatic rings. The predicted octanol–water partition coefficient (Wildman–Crippen LogP) is 2.37. The van der Waals surface area contributed by atoms with Crippen molar-refractivity contribution in [2.75, 3.05) is 0 Å². The average Bonchev–Trinajstić information content (AvgIpc) is 2.01. The number of rotatable bonds is 1. The molecule has 1 aromatic heterocycles. The molecule has 0 spiro atoms. The van der Waals surface area contributed by atoms with Crippen LogP contribution in [0.5, 0.6) is 0 Å². The molecular formula is C9H8F3NO. The van der Waals surface area contributed by atoms with Crippen LogP contribution in [0, 0.1) is 5.21 Å². The van der Waals surface area contributed by atoms with Gasteiger partial charge in [0.1, 0.15) is 0 Å². The molecular weight excluding hydrogens is 195 g/mol. The van der Waals surface area contributed by atoms with Crippen molar-refractivity contribution in [2.24, 2.45) is 0 Å². The van der Waals surface area contributed by atoms with Gasteiger partial charge in [-0.2, -0.15) is 17.9 Å². The van der Waals surface area contributed by atoms with Crippen molar-refractivity contribution in [3.8, 4) is 0 Å². The maximum absolute atomic E-state index is 12.1. The summed E-state index contributed by atoms with van der Waals surface area (Å²) in [6, 6.07) is 1.97. The van der Waals surface area contributed by atoms with Gasteiger partial charge in [0.05, 0.1) is 0 Å². The average molecular weight is 203 g/mol. The first-order valence-corrected chi connectivity index (χ1v) is 3.78. The summed E-state index contributed by atoms with van der Waals surface area (Å²) < 4.78 is 36.2. The molecule has 1 aromatic rings. The SMILES string of the molecule is C=C(C)c1ccc(C(F)(F)F)[n+]([O-])c1. The van der Waals surface area contributed by atoms with Gasteiger partial charge in [0.15, 0.2) is 6.20 Å². The lowest BCUT2D eigenvalue weighted by Crippen LogP contribution is -2.36. The van der Waals surface area contributed by atoms with E-state index in [-0.39, 0.29) is 4.73 Å². The summed E-state index contributed by atoms with van der Waals surface area (Å²) in [5.74, 6) is 0. The lowest BCUT2D eigenvalue weighted by molar-refractivity contribution is -0.629. The van der Waals surface area contributed by atoms with Gasteiger partial charge in [0.2, 0.25) is 0 Å². The molecule has 0 saturated carbocycles. The van der Waals surface area contributed by atoms with Crippen LogP contribution in [-0.2, 0) is 6.18 Å². The minimum absolute atomic E-state index is 0.190. The number of nitrogens with zero attached hydrogens (tertiary/aromatic N) is 1. The van der Waals surface area contributed by atoms with Gasteiger partial charge in [-0.25, -0.2) is 0 Å². The van der Waals surface area contributed by atoms with Crippen LogP contribution in [0.15, 0.2) is 24.9 Å². The molecule has 0 fully saturated rings. The molecule has 5 heteroatoms. The Morgan fingerprint density at radius 1 is 1.43 bits per heavy atom. The fourth-order valence-electron chi connectivity index (χ4n) is 0.953. The summed E-state index contributed by atoms with van der Waals surface area (Å²) >= 11 is 0. The van der Waals surface area contributed by atoms with E-state index < -0.39 is 11.9 Å². The molecule has 0 radical (unpaired) electrons. The van der Waals surface area contributed by atoms with Gasteiger partial charge in [-0.1, -0.05) is 6.58 Å². The van der Waals surface area contributed by atoms with Gasteiger partial charge in [-0.3, -0.25) is 0 Å². The number of allylic oxidation sites excluding steroid dienone is 1. The van der Waals surface area contributed by atoms with Crippen molar-refractivity contribution < 1.29 is 17.9 Å². The summed E-state index contributed by atoms with van der Waals surface area (Å²) in [4.78, 5) is 0. The molecule has 0 aliphatic carbocycles. The van der Waals surface area contributed by atoms with Gasteiger partial charge >= 0.3 is 6.18 Å². The molecule has 0 N–H and O–H groups in total. The van der Waals surface area contributed by atoms with Crippen LogP contribution in [0.4, 0.5) is 13.2 Å². The Balaban J connectivity index is 3.21. The molecule has 0 aromatic carbocycles. The maximum atomic E-state index is 12.1. The second-order valence-corrected chi connectivity index (χ2v) is 2.91. The smallest absolute Gasteiger partial charge is 0.478 e. The third kappa shape index (κ3) is 2.04. The fraction of sp³-hybridized carbons (Fsp3) is 0.222. The summed E-state index contributed by atoms with van der Waals surface area (Å²) in [7, 11) is 0.